The van der Waals surface area contributed by atoms with Crippen molar-refractivity contribution in [3.8, 4) is 0 Å². The zero-order chi connectivity index (χ0) is 18.8. The Kier molecular flexibility index (Phi) is 5.04. The second-order valence-electron chi connectivity index (χ2n) is 5.68. The molecule has 0 aliphatic carbocycles. The van der Waals surface area contributed by atoms with E-state index < -0.39 is 11.8 Å². The zero-order valence-corrected chi connectivity index (χ0v) is 15.7. The lowest BCUT2D eigenvalue weighted by atomic mass is 10.0. The summed E-state index contributed by atoms with van der Waals surface area (Å²) in [5, 5.41) is 0. The van der Waals surface area contributed by atoms with Crippen LogP contribution in [0.4, 0.5) is 10.1 Å². The first-order valence-electron chi connectivity index (χ1n) is 7.79. The van der Waals surface area contributed by atoms with Crippen LogP contribution in [0.25, 0.3) is 6.08 Å². The van der Waals surface area contributed by atoms with Gasteiger partial charge in [-0.25, -0.2) is 9.18 Å². The van der Waals surface area contributed by atoms with E-state index in [0.29, 0.717) is 11.4 Å². The molecule has 1 aliphatic heterocycles. The molecule has 1 heterocycles. The molecule has 132 valence electrons. The van der Waals surface area contributed by atoms with Crippen LogP contribution in [0, 0.1) is 5.82 Å². The fourth-order valence-electron chi connectivity index (χ4n) is 2.84. The molecule has 0 atom stereocenters. The van der Waals surface area contributed by atoms with E-state index in [1.165, 1.54) is 36.3 Å². The molecule has 26 heavy (non-hydrogen) atoms. The number of esters is 1. The van der Waals surface area contributed by atoms with E-state index in [1.807, 2.05) is 24.3 Å². The summed E-state index contributed by atoms with van der Waals surface area (Å²) < 4.78 is 18.9. The predicted molar refractivity (Wildman–Crippen MR) is 101 cm³/mol. The molecule has 0 N–H and O–H groups in total. The maximum atomic E-state index is 13.2. The maximum absolute atomic E-state index is 13.2. The molecule has 0 spiro atoms. The highest BCUT2D eigenvalue weighted by Gasteiger charge is 2.37. The second-order valence-corrected chi connectivity index (χ2v) is 6.60. The molecule has 6 heteroatoms. The van der Waals surface area contributed by atoms with Crippen LogP contribution in [-0.2, 0) is 14.3 Å². The Balaban J connectivity index is 2.13. The number of amides is 1. The largest absolute Gasteiger partial charge is 0.465 e. The minimum absolute atomic E-state index is 0.196. The Morgan fingerprint density at radius 2 is 1.88 bits per heavy atom. The maximum Gasteiger partial charge on any atom is 0.340 e. The Morgan fingerprint density at radius 3 is 2.50 bits per heavy atom. The van der Waals surface area contributed by atoms with Gasteiger partial charge in [-0.3, -0.25) is 9.69 Å². The molecular formula is C20H15BrFNO3. The number of hydrogen-bond donors (Lipinski definition) is 0. The van der Waals surface area contributed by atoms with E-state index in [0.717, 1.165) is 10.0 Å². The van der Waals surface area contributed by atoms with Crippen molar-refractivity contribution < 1.29 is 18.7 Å². The van der Waals surface area contributed by atoms with Crippen molar-refractivity contribution in [2.24, 2.45) is 0 Å². The van der Waals surface area contributed by atoms with Crippen molar-refractivity contribution >= 4 is 39.6 Å². The molecule has 3 rings (SSSR count). The highest BCUT2D eigenvalue weighted by atomic mass is 79.9. The fraction of sp³-hybridized carbons (Fsp3) is 0.100. The van der Waals surface area contributed by atoms with Gasteiger partial charge in [-0.05, 0) is 55.0 Å². The lowest BCUT2D eigenvalue weighted by molar-refractivity contribution is -0.136. The number of anilines is 1. The number of hydrogen-bond acceptors (Lipinski definition) is 3. The Bertz CT molecular complexity index is 948. The molecule has 0 fully saturated rings. The normalized spacial score (nSPS) is 15.8. The summed E-state index contributed by atoms with van der Waals surface area (Å²) in [5.41, 5.74) is 2.11. The van der Waals surface area contributed by atoms with Crippen molar-refractivity contribution in [1.82, 2.24) is 0 Å². The summed E-state index contributed by atoms with van der Waals surface area (Å²) in [7, 11) is 1.27. The standard InChI is InChI=1S/C20H15BrFNO3/c1-12-18(20(25)26-2)17(11-13-4-3-5-14(21)10-13)19(24)23(12)16-8-6-15(22)7-9-16/h3-11H,1-2H3/b17-11-. The summed E-state index contributed by atoms with van der Waals surface area (Å²) in [6.07, 6.45) is 1.65. The number of nitrogens with zero attached hydrogens (tertiary/aromatic N) is 1. The van der Waals surface area contributed by atoms with Crippen molar-refractivity contribution in [3.63, 3.8) is 0 Å². The fourth-order valence-corrected chi connectivity index (χ4v) is 3.26. The molecule has 0 saturated heterocycles. The third-order valence-electron chi connectivity index (χ3n) is 4.03. The van der Waals surface area contributed by atoms with Crippen LogP contribution in [0.5, 0.6) is 0 Å². The predicted octanol–water partition coefficient (Wildman–Crippen LogP) is 4.47. The molecule has 0 radical (unpaired) electrons. The molecule has 2 aromatic carbocycles. The molecule has 1 aliphatic rings. The second kappa shape index (κ2) is 7.25. The Hall–Kier alpha value is -2.73. The van der Waals surface area contributed by atoms with Crippen LogP contribution in [-0.4, -0.2) is 19.0 Å². The van der Waals surface area contributed by atoms with Gasteiger partial charge >= 0.3 is 5.97 Å². The first-order valence-corrected chi connectivity index (χ1v) is 8.58. The summed E-state index contributed by atoms with van der Waals surface area (Å²) in [4.78, 5) is 26.7. The quantitative estimate of drug-likeness (QED) is 0.548. The van der Waals surface area contributed by atoms with Crippen molar-refractivity contribution in [1.29, 1.82) is 0 Å². The number of halogens is 2. The Morgan fingerprint density at radius 1 is 1.19 bits per heavy atom. The monoisotopic (exact) mass is 415 g/mol. The molecule has 4 nitrogen and oxygen atoms in total. The number of benzene rings is 2. The number of methoxy groups -OCH3 is 1. The van der Waals surface area contributed by atoms with Crippen LogP contribution in [0.15, 0.2) is 69.8 Å². The smallest absolute Gasteiger partial charge is 0.340 e. The molecule has 0 bridgehead atoms. The number of carbonyl (C=O) groups is 2. The summed E-state index contributed by atoms with van der Waals surface area (Å²) in [5.74, 6) is -1.36. The highest BCUT2D eigenvalue weighted by molar-refractivity contribution is 9.10. The average molecular weight is 416 g/mol. The summed E-state index contributed by atoms with van der Waals surface area (Å²) in [6, 6.07) is 12.9. The van der Waals surface area contributed by atoms with Crippen LogP contribution < -0.4 is 4.90 Å². The summed E-state index contributed by atoms with van der Waals surface area (Å²) >= 11 is 3.39. The van der Waals surface area contributed by atoms with Gasteiger partial charge in [-0.1, -0.05) is 28.1 Å². The Labute approximate surface area is 158 Å². The number of allylic oxidation sites excluding steroid dienone is 1. The SMILES string of the molecule is COC(=O)C1=C(C)N(c2ccc(F)cc2)C(=O)/C1=C\c1cccc(Br)c1. The molecule has 0 aromatic heterocycles. The van der Waals surface area contributed by atoms with Crippen LogP contribution in [0.3, 0.4) is 0 Å². The van der Waals surface area contributed by atoms with Gasteiger partial charge in [0.25, 0.3) is 5.91 Å². The molecule has 1 amide bonds. The molecule has 0 saturated carbocycles. The zero-order valence-electron chi connectivity index (χ0n) is 14.1. The van der Waals surface area contributed by atoms with Gasteiger partial charge in [0.05, 0.1) is 18.3 Å². The van der Waals surface area contributed by atoms with Gasteiger partial charge < -0.3 is 4.74 Å². The van der Waals surface area contributed by atoms with Crippen LogP contribution in [0.2, 0.25) is 0 Å². The van der Waals surface area contributed by atoms with Gasteiger partial charge in [0.1, 0.15) is 5.82 Å². The minimum Gasteiger partial charge on any atom is -0.465 e. The van der Waals surface area contributed by atoms with Crippen LogP contribution >= 0.6 is 15.9 Å². The highest BCUT2D eigenvalue weighted by Crippen LogP contribution is 2.35. The van der Waals surface area contributed by atoms with Gasteiger partial charge in [0, 0.05) is 15.9 Å². The third-order valence-corrected chi connectivity index (χ3v) is 4.53. The molecule has 0 unspecified atom stereocenters. The lowest BCUT2D eigenvalue weighted by Crippen LogP contribution is -2.24. The van der Waals surface area contributed by atoms with E-state index in [1.54, 1.807) is 13.0 Å². The minimum atomic E-state index is -0.596. The van der Waals surface area contributed by atoms with Gasteiger partial charge in [0.15, 0.2) is 0 Å². The molecule has 2 aromatic rings. The van der Waals surface area contributed by atoms with Crippen molar-refractivity contribution in [2.75, 3.05) is 12.0 Å². The van der Waals surface area contributed by atoms with E-state index in [2.05, 4.69) is 15.9 Å². The van der Waals surface area contributed by atoms with Crippen LogP contribution in [0.1, 0.15) is 12.5 Å². The van der Waals surface area contributed by atoms with Crippen molar-refractivity contribution in [3.05, 3.63) is 81.2 Å². The van der Waals surface area contributed by atoms with E-state index >= 15 is 0 Å². The van der Waals surface area contributed by atoms with Crippen molar-refractivity contribution in [2.45, 2.75) is 6.92 Å². The van der Waals surface area contributed by atoms with E-state index in [9.17, 15) is 14.0 Å². The lowest BCUT2D eigenvalue weighted by Gasteiger charge is -2.17. The summed E-state index contributed by atoms with van der Waals surface area (Å²) in [6.45, 7) is 1.66. The average Bonchev–Trinajstić information content (AvgIpc) is 2.86. The first-order chi connectivity index (χ1) is 12.4. The van der Waals surface area contributed by atoms with Gasteiger partial charge in [-0.15, -0.1) is 0 Å². The topological polar surface area (TPSA) is 46.6 Å². The first kappa shape index (κ1) is 18.1. The van der Waals surface area contributed by atoms with E-state index in [4.69, 9.17) is 4.74 Å². The number of ether oxygens (including phenoxy) is 1. The number of carbonyl (C=O) groups excluding carboxylic acids is 2. The van der Waals surface area contributed by atoms with E-state index in [-0.39, 0.29) is 17.1 Å². The molecular weight excluding hydrogens is 401 g/mol. The van der Waals surface area contributed by atoms with Gasteiger partial charge in [-0.2, -0.15) is 0 Å². The number of rotatable bonds is 3. The third kappa shape index (κ3) is 3.32. The van der Waals surface area contributed by atoms with Gasteiger partial charge in [0.2, 0.25) is 0 Å².